The summed E-state index contributed by atoms with van der Waals surface area (Å²) in [5.74, 6) is 0.430. The Morgan fingerprint density at radius 3 is 2.79 bits per heavy atom. The van der Waals surface area contributed by atoms with Gasteiger partial charge in [0.2, 0.25) is 10.0 Å². The Morgan fingerprint density at radius 1 is 1.47 bits per heavy atom. The number of hydrogen-bond acceptors (Lipinski definition) is 4. The second kappa shape index (κ2) is 5.66. The third-order valence-electron chi connectivity index (χ3n) is 3.12. The van der Waals surface area contributed by atoms with Crippen LogP contribution in [0.25, 0.3) is 0 Å². The third-order valence-corrected chi connectivity index (χ3v) is 5.28. The van der Waals surface area contributed by atoms with Gasteiger partial charge in [-0.25, -0.2) is 8.42 Å². The smallest absolute Gasteiger partial charge is 0.243 e. The largest absolute Gasteiger partial charge is 0.495 e. The first-order valence-corrected chi connectivity index (χ1v) is 7.78. The fraction of sp³-hybridized carbons (Fsp3) is 0.500. The van der Waals surface area contributed by atoms with E-state index in [1.807, 2.05) is 0 Å². The normalized spacial score (nSPS) is 21.3. The van der Waals surface area contributed by atoms with Gasteiger partial charge in [0.1, 0.15) is 5.75 Å². The highest BCUT2D eigenvalue weighted by atomic mass is 35.5. The second-order valence-corrected chi connectivity index (χ2v) is 6.80. The summed E-state index contributed by atoms with van der Waals surface area (Å²) in [6.07, 6.45) is 0.692. The second-order valence-electron chi connectivity index (χ2n) is 4.46. The molecule has 0 unspecified atom stereocenters. The highest BCUT2D eigenvalue weighted by Crippen LogP contribution is 2.29. The average Bonchev–Trinajstić information content (AvgIpc) is 2.38. The maximum Gasteiger partial charge on any atom is 0.243 e. The summed E-state index contributed by atoms with van der Waals surface area (Å²) in [5, 5.41) is 9.83. The maximum atomic E-state index is 12.4. The van der Waals surface area contributed by atoms with Gasteiger partial charge in [-0.2, -0.15) is 4.31 Å². The van der Waals surface area contributed by atoms with Gasteiger partial charge in [-0.3, -0.25) is 0 Å². The van der Waals surface area contributed by atoms with Crippen LogP contribution in [0.4, 0.5) is 0 Å². The monoisotopic (exact) mass is 305 g/mol. The molecule has 0 spiro atoms. The lowest BCUT2D eigenvalue weighted by atomic mass is 10.1. The summed E-state index contributed by atoms with van der Waals surface area (Å²) < 4.78 is 31.1. The predicted octanol–water partition coefficient (Wildman–Crippen LogP) is 1.49. The SMILES string of the molecule is COc1ccc(S(=O)(=O)N2CCC[C@H](O)C2)cc1Cl. The summed E-state index contributed by atoms with van der Waals surface area (Å²) >= 11 is 5.95. The molecule has 1 aromatic rings. The number of nitrogens with zero attached hydrogens (tertiary/aromatic N) is 1. The zero-order valence-corrected chi connectivity index (χ0v) is 12.1. The number of aliphatic hydroxyl groups is 1. The van der Waals surface area contributed by atoms with E-state index in [4.69, 9.17) is 16.3 Å². The fourth-order valence-electron chi connectivity index (χ4n) is 2.10. The molecule has 0 amide bonds. The quantitative estimate of drug-likeness (QED) is 0.919. The molecule has 1 atom stereocenters. The zero-order valence-electron chi connectivity index (χ0n) is 10.5. The highest BCUT2D eigenvalue weighted by molar-refractivity contribution is 7.89. The number of β-amino-alcohol motifs (C(OH)–C–C–N with tert-alkyl or cyclic N) is 1. The van der Waals surface area contributed by atoms with Crippen molar-refractivity contribution >= 4 is 21.6 Å². The lowest BCUT2D eigenvalue weighted by molar-refractivity contribution is 0.108. The van der Waals surface area contributed by atoms with Gasteiger partial charge in [-0.15, -0.1) is 0 Å². The van der Waals surface area contributed by atoms with E-state index in [9.17, 15) is 13.5 Å². The minimum atomic E-state index is -3.61. The lowest BCUT2D eigenvalue weighted by Crippen LogP contribution is -2.42. The number of methoxy groups -OCH3 is 1. The number of rotatable bonds is 3. The molecule has 0 radical (unpaired) electrons. The van der Waals surface area contributed by atoms with E-state index in [1.165, 1.54) is 29.6 Å². The summed E-state index contributed by atoms with van der Waals surface area (Å²) in [4.78, 5) is 0.118. The molecule has 1 aliphatic rings. The number of sulfonamides is 1. The number of halogens is 1. The van der Waals surface area contributed by atoms with Crippen molar-refractivity contribution in [3.8, 4) is 5.75 Å². The van der Waals surface area contributed by atoms with Gasteiger partial charge in [-0.05, 0) is 31.0 Å². The van der Waals surface area contributed by atoms with Crippen molar-refractivity contribution < 1.29 is 18.3 Å². The van der Waals surface area contributed by atoms with E-state index < -0.39 is 16.1 Å². The van der Waals surface area contributed by atoms with Crippen molar-refractivity contribution in [2.24, 2.45) is 0 Å². The Bertz CT molecular complexity index is 561. The van der Waals surface area contributed by atoms with Crippen LogP contribution in [0.3, 0.4) is 0 Å². The lowest BCUT2D eigenvalue weighted by Gasteiger charge is -2.29. The first kappa shape index (κ1) is 14.6. The number of hydrogen-bond donors (Lipinski definition) is 1. The molecule has 106 valence electrons. The average molecular weight is 306 g/mol. The molecule has 0 aromatic heterocycles. The molecule has 1 fully saturated rings. The Kier molecular flexibility index (Phi) is 4.35. The van der Waals surface area contributed by atoms with Crippen molar-refractivity contribution in [1.82, 2.24) is 4.31 Å². The molecule has 0 saturated carbocycles. The minimum Gasteiger partial charge on any atom is -0.495 e. The number of benzene rings is 1. The zero-order chi connectivity index (χ0) is 14.0. The molecule has 0 aliphatic carbocycles. The molecule has 1 aromatic carbocycles. The van der Waals surface area contributed by atoms with Crippen LogP contribution in [0.2, 0.25) is 5.02 Å². The highest BCUT2D eigenvalue weighted by Gasteiger charge is 2.29. The van der Waals surface area contributed by atoms with Crippen LogP contribution in [-0.2, 0) is 10.0 Å². The van der Waals surface area contributed by atoms with E-state index in [0.717, 1.165) is 0 Å². The Morgan fingerprint density at radius 2 is 2.21 bits per heavy atom. The van der Waals surface area contributed by atoms with E-state index >= 15 is 0 Å². The molecule has 0 bridgehead atoms. The number of aliphatic hydroxyl groups excluding tert-OH is 1. The molecule has 1 saturated heterocycles. The van der Waals surface area contributed by atoms with Gasteiger partial charge in [0.05, 0.1) is 23.1 Å². The van der Waals surface area contributed by atoms with Crippen LogP contribution in [-0.4, -0.2) is 44.1 Å². The maximum absolute atomic E-state index is 12.4. The summed E-state index contributed by atoms with van der Waals surface area (Å²) in [7, 11) is -2.14. The van der Waals surface area contributed by atoms with Crippen LogP contribution in [0.1, 0.15) is 12.8 Å². The molecule has 1 heterocycles. The predicted molar refractivity (Wildman–Crippen MR) is 72.0 cm³/mol. The molecule has 7 heteroatoms. The molecule has 19 heavy (non-hydrogen) atoms. The molecule has 2 rings (SSSR count). The van der Waals surface area contributed by atoms with Crippen LogP contribution in [0, 0.1) is 0 Å². The standard InChI is InChI=1S/C12H16ClNO4S/c1-18-12-5-4-10(7-11(12)13)19(16,17)14-6-2-3-9(15)8-14/h4-5,7,9,15H,2-3,6,8H2,1H3/t9-/m0/s1. The van der Waals surface area contributed by atoms with Gasteiger partial charge in [0.15, 0.2) is 0 Å². The Labute approximate surface area is 117 Å². The molecular weight excluding hydrogens is 290 g/mol. The summed E-state index contributed by atoms with van der Waals surface area (Å²) in [6, 6.07) is 4.35. The first-order valence-electron chi connectivity index (χ1n) is 5.97. The van der Waals surface area contributed by atoms with E-state index in [1.54, 1.807) is 0 Å². The molecule has 1 N–H and O–H groups in total. The van der Waals surface area contributed by atoms with Gasteiger partial charge < -0.3 is 9.84 Å². The molecular formula is C12H16ClNO4S. The fourth-order valence-corrected chi connectivity index (χ4v) is 3.96. The third kappa shape index (κ3) is 3.02. The first-order chi connectivity index (χ1) is 8.95. The van der Waals surface area contributed by atoms with Crippen molar-refractivity contribution in [3.05, 3.63) is 23.2 Å². The van der Waals surface area contributed by atoms with E-state index in [-0.39, 0.29) is 16.5 Å². The summed E-state index contributed by atoms with van der Waals surface area (Å²) in [6.45, 7) is 0.551. The van der Waals surface area contributed by atoms with Crippen molar-refractivity contribution in [2.45, 2.75) is 23.8 Å². The molecule has 1 aliphatic heterocycles. The van der Waals surface area contributed by atoms with Crippen molar-refractivity contribution in [2.75, 3.05) is 20.2 Å². The van der Waals surface area contributed by atoms with Crippen LogP contribution in [0.15, 0.2) is 23.1 Å². The van der Waals surface area contributed by atoms with Crippen LogP contribution in [0.5, 0.6) is 5.75 Å². The number of piperidine rings is 1. The van der Waals surface area contributed by atoms with Crippen molar-refractivity contribution in [3.63, 3.8) is 0 Å². The number of ether oxygens (including phenoxy) is 1. The topological polar surface area (TPSA) is 66.8 Å². The minimum absolute atomic E-state index is 0.118. The van der Waals surface area contributed by atoms with E-state index in [0.29, 0.717) is 25.1 Å². The molecule has 5 nitrogen and oxygen atoms in total. The van der Waals surface area contributed by atoms with Gasteiger partial charge in [-0.1, -0.05) is 11.6 Å². The van der Waals surface area contributed by atoms with Gasteiger partial charge in [0.25, 0.3) is 0 Å². The Balaban J connectivity index is 2.31. The van der Waals surface area contributed by atoms with E-state index in [2.05, 4.69) is 0 Å². The summed E-state index contributed by atoms with van der Waals surface area (Å²) in [5.41, 5.74) is 0. The van der Waals surface area contributed by atoms with Crippen LogP contribution >= 0.6 is 11.6 Å². The van der Waals surface area contributed by atoms with Crippen molar-refractivity contribution in [1.29, 1.82) is 0 Å². The van der Waals surface area contributed by atoms with Gasteiger partial charge in [0, 0.05) is 13.1 Å². The Hall–Kier alpha value is -0.820. The van der Waals surface area contributed by atoms with Crippen LogP contribution < -0.4 is 4.74 Å². The van der Waals surface area contributed by atoms with Gasteiger partial charge >= 0.3 is 0 Å².